The van der Waals surface area contributed by atoms with Gasteiger partial charge in [-0.2, -0.15) is 0 Å². The molecule has 0 heterocycles. The number of benzene rings is 1. The van der Waals surface area contributed by atoms with Crippen molar-refractivity contribution in [1.82, 2.24) is 0 Å². The van der Waals surface area contributed by atoms with Crippen LogP contribution < -0.4 is 14.2 Å². The van der Waals surface area contributed by atoms with Gasteiger partial charge in [-0.25, -0.2) is 0 Å². The van der Waals surface area contributed by atoms with Crippen LogP contribution in [0.2, 0.25) is 0 Å². The van der Waals surface area contributed by atoms with Crippen LogP contribution in [0, 0.1) is 6.92 Å². The molecule has 0 aliphatic heterocycles. The van der Waals surface area contributed by atoms with E-state index >= 15 is 0 Å². The highest BCUT2D eigenvalue weighted by atomic mass is 16.5. The summed E-state index contributed by atoms with van der Waals surface area (Å²) in [6.07, 6.45) is 0. The first kappa shape index (κ1) is 9.71. The van der Waals surface area contributed by atoms with Crippen molar-refractivity contribution in [3.8, 4) is 17.2 Å². The molecule has 13 heavy (non-hydrogen) atoms. The second kappa shape index (κ2) is 4.03. The minimum absolute atomic E-state index is 0.613. The fourth-order valence-electron chi connectivity index (χ4n) is 1.16. The summed E-state index contributed by atoms with van der Waals surface area (Å²) >= 11 is 0. The molecular formula is C10H13O3. The molecule has 0 amide bonds. The van der Waals surface area contributed by atoms with Gasteiger partial charge < -0.3 is 14.2 Å². The van der Waals surface area contributed by atoms with Crippen LogP contribution in [0.25, 0.3) is 0 Å². The van der Waals surface area contributed by atoms with Crippen LogP contribution in [-0.4, -0.2) is 21.3 Å². The molecule has 1 aromatic rings. The van der Waals surface area contributed by atoms with Gasteiger partial charge in [-0.1, -0.05) is 0 Å². The van der Waals surface area contributed by atoms with Crippen LogP contribution >= 0.6 is 0 Å². The third-order valence-corrected chi connectivity index (χ3v) is 1.83. The van der Waals surface area contributed by atoms with Crippen molar-refractivity contribution >= 4 is 0 Å². The van der Waals surface area contributed by atoms with E-state index in [1.54, 1.807) is 33.5 Å². The molecule has 3 nitrogen and oxygen atoms in total. The van der Waals surface area contributed by atoms with Crippen molar-refractivity contribution in [3.05, 3.63) is 24.6 Å². The average Bonchev–Trinajstić information content (AvgIpc) is 2.17. The Hall–Kier alpha value is -1.38. The minimum Gasteiger partial charge on any atom is -0.496 e. The van der Waals surface area contributed by atoms with E-state index in [2.05, 4.69) is 6.92 Å². The van der Waals surface area contributed by atoms with Gasteiger partial charge in [0.1, 0.15) is 5.75 Å². The van der Waals surface area contributed by atoms with Crippen LogP contribution in [0.5, 0.6) is 17.2 Å². The highest BCUT2D eigenvalue weighted by Gasteiger charge is 2.10. The predicted molar refractivity (Wildman–Crippen MR) is 50.6 cm³/mol. The SMILES string of the molecule is [CH2]c1c(OC)ccc(OC)c1OC. The van der Waals surface area contributed by atoms with E-state index in [1.165, 1.54) is 0 Å². The van der Waals surface area contributed by atoms with E-state index in [4.69, 9.17) is 14.2 Å². The Balaban J connectivity index is 3.23. The van der Waals surface area contributed by atoms with Crippen LogP contribution in [0.1, 0.15) is 5.56 Å². The Morgan fingerprint density at radius 2 is 1.46 bits per heavy atom. The Kier molecular flexibility index (Phi) is 3.01. The molecule has 1 rings (SSSR count). The van der Waals surface area contributed by atoms with Gasteiger partial charge in [0, 0.05) is 5.56 Å². The van der Waals surface area contributed by atoms with Crippen molar-refractivity contribution in [2.24, 2.45) is 0 Å². The first-order chi connectivity index (χ1) is 6.24. The third-order valence-electron chi connectivity index (χ3n) is 1.83. The Bertz CT molecular complexity index is 294. The van der Waals surface area contributed by atoms with Gasteiger partial charge in [-0.3, -0.25) is 0 Å². The lowest BCUT2D eigenvalue weighted by atomic mass is 10.2. The zero-order chi connectivity index (χ0) is 9.84. The zero-order valence-electron chi connectivity index (χ0n) is 8.09. The van der Waals surface area contributed by atoms with Gasteiger partial charge in [-0.05, 0) is 19.1 Å². The molecule has 3 heteroatoms. The van der Waals surface area contributed by atoms with E-state index in [9.17, 15) is 0 Å². The molecule has 0 saturated heterocycles. The molecule has 0 N–H and O–H groups in total. The highest BCUT2D eigenvalue weighted by Crippen LogP contribution is 2.36. The fraction of sp³-hybridized carbons (Fsp3) is 0.300. The number of rotatable bonds is 3. The lowest BCUT2D eigenvalue weighted by Gasteiger charge is -2.12. The fourth-order valence-corrected chi connectivity index (χ4v) is 1.16. The second-order valence-corrected chi connectivity index (χ2v) is 2.48. The van der Waals surface area contributed by atoms with Crippen LogP contribution in [0.15, 0.2) is 12.1 Å². The van der Waals surface area contributed by atoms with E-state index in [0.29, 0.717) is 22.8 Å². The quantitative estimate of drug-likeness (QED) is 0.712. The van der Waals surface area contributed by atoms with E-state index in [0.717, 1.165) is 0 Å². The summed E-state index contributed by atoms with van der Waals surface area (Å²) in [5.74, 6) is 1.97. The molecule has 0 aliphatic rings. The molecule has 0 aliphatic carbocycles. The van der Waals surface area contributed by atoms with Crippen molar-refractivity contribution in [1.29, 1.82) is 0 Å². The highest BCUT2D eigenvalue weighted by molar-refractivity contribution is 5.55. The molecule has 0 bridgehead atoms. The topological polar surface area (TPSA) is 27.7 Å². The number of hydrogen-bond acceptors (Lipinski definition) is 3. The molecule has 0 aromatic heterocycles. The average molecular weight is 181 g/mol. The number of hydrogen-bond donors (Lipinski definition) is 0. The molecule has 1 radical (unpaired) electrons. The maximum absolute atomic E-state index is 5.14. The summed E-state index contributed by atoms with van der Waals surface area (Å²) in [7, 11) is 4.76. The molecule has 0 fully saturated rings. The predicted octanol–water partition coefficient (Wildman–Crippen LogP) is 1.89. The lowest BCUT2D eigenvalue weighted by Crippen LogP contribution is -1.95. The van der Waals surface area contributed by atoms with E-state index in [-0.39, 0.29) is 0 Å². The van der Waals surface area contributed by atoms with Crippen molar-refractivity contribution in [2.45, 2.75) is 0 Å². The summed E-state index contributed by atoms with van der Waals surface area (Å²) < 4.78 is 15.3. The first-order valence-corrected chi connectivity index (χ1v) is 3.85. The van der Waals surface area contributed by atoms with Crippen molar-refractivity contribution < 1.29 is 14.2 Å². The number of methoxy groups -OCH3 is 3. The summed E-state index contributed by atoms with van der Waals surface area (Å²) in [5.41, 5.74) is 0.698. The monoisotopic (exact) mass is 181 g/mol. The molecule has 0 spiro atoms. The molecule has 1 aromatic carbocycles. The van der Waals surface area contributed by atoms with Gasteiger partial charge in [0.05, 0.1) is 21.3 Å². The van der Waals surface area contributed by atoms with Crippen LogP contribution in [0.3, 0.4) is 0 Å². The van der Waals surface area contributed by atoms with E-state index in [1.807, 2.05) is 0 Å². The normalized spacial score (nSPS) is 9.54. The van der Waals surface area contributed by atoms with Crippen LogP contribution in [-0.2, 0) is 0 Å². The third kappa shape index (κ3) is 1.69. The Morgan fingerprint density at radius 1 is 0.923 bits per heavy atom. The Morgan fingerprint density at radius 3 is 1.92 bits per heavy atom. The molecule has 0 atom stereocenters. The molecular weight excluding hydrogens is 168 g/mol. The lowest BCUT2D eigenvalue weighted by molar-refractivity contribution is 0.347. The number of ether oxygens (including phenoxy) is 3. The summed E-state index contributed by atoms with van der Waals surface area (Å²) in [6.45, 7) is 3.84. The summed E-state index contributed by atoms with van der Waals surface area (Å²) in [5, 5.41) is 0. The van der Waals surface area contributed by atoms with Gasteiger partial charge in [0.25, 0.3) is 0 Å². The maximum atomic E-state index is 5.14. The molecule has 71 valence electrons. The largest absolute Gasteiger partial charge is 0.496 e. The smallest absolute Gasteiger partial charge is 0.167 e. The van der Waals surface area contributed by atoms with E-state index < -0.39 is 0 Å². The molecule has 0 unspecified atom stereocenters. The van der Waals surface area contributed by atoms with Crippen LogP contribution in [0.4, 0.5) is 0 Å². The second-order valence-electron chi connectivity index (χ2n) is 2.48. The minimum atomic E-state index is 0.613. The van der Waals surface area contributed by atoms with Gasteiger partial charge in [-0.15, -0.1) is 0 Å². The van der Waals surface area contributed by atoms with Crippen molar-refractivity contribution in [2.75, 3.05) is 21.3 Å². The Labute approximate surface area is 78.2 Å². The first-order valence-electron chi connectivity index (χ1n) is 3.85. The summed E-state index contributed by atoms with van der Waals surface area (Å²) in [4.78, 5) is 0. The van der Waals surface area contributed by atoms with Crippen molar-refractivity contribution in [3.63, 3.8) is 0 Å². The van der Waals surface area contributed by atoms with Gasteiger partial charge in [0.15, 0.2) is 11.5 Å². The maximum Gasteiger partial charge on any atom is 0.167 e. The van der Waals surface area contributed by atoms with Gasteiger partial charge in [0.2, 0.25) is 0 Å². The van der Waals surface area contributed by atoms with Gasteiger partial charge >= 0.3 is 0 Å². The zero-order valence-corrected chi connectivity index (χ0v) is 8.09. The summed E-state index contributed by atoms with van der Waals surface area (Å²) in [6, 6.07) is 3.58. The molecule has 0 saturated carbocycles. The standard InChI is InChI=1S/C10H13O3/c1-7-8(11-2)5-6-9(12-3)10(7)13-4/h5-6H,1H2,2-4H3.